The number of hydrogen-bond donors (Lipinski definition) is 0. The predicted molar refractivity (Wildman–Crippen MR) is 89.1 cm³/mol. The van der Waals surface area contributed by atoms with Crippen LogP contribution in [0, 0.1) is 17.7 Å². The number of aromatic nitrogens is 2. The molecule has 1 amide bonds. The number of hydrogen-bond acceptors (Lipinski definition) is 2. The third-order valence-electron chi connectivity index (χ3n) is 3.36. The monoisotopic (exact) mass is 317 g/mol. The molecule has 1 aromatic heterocycles. The van der Waals surface area contributed by atoms with Crippen LogP contribution in [-0.4, -0.2) is 33.7 Å². The normalized spacial score (nSPS) is 11.3. The van der Waals surface area contributed by atoms with Crippen molar-refractivity contribution in [1.29, 1.82) is 0 Å². The van der Waals surface area contributed by atoms with Gasteiger partial charge in [-0.15, -0.1) is 0 Å². The minimum atomic E-state index is -0.294. The molecule has 0 N–H and O–H groups in total. The third-order valence-corrected chi connectivity index (χ3v) is 3.36. The average molecular weight is 317 g/mol. The van der Waals surface area contributed by atoms with E-state index in [-0.39, 0.29) is 11.7 Å². The first-order chi connectivity index (χ1) is 10.9. The van der Waals surface area contributed by atoms with Crippen molar-refractivity contribution in [1.82, 2.24) is 14.7 Å². The number of halogens is 1. The second-order valence-corrected chi connectivity index (χ2v) is 6.62. The molecule has 0 fully saturated rings. The maximum absolute atomic E-state index is 13.0. The van der Waals surface area contributed by atoms with Crippen LogP contribution in [-0.2, 0) is 0 Å². The van der Waals surface area contributed by atoms with Crippen LogP contribution in [0.25, 0.3) is 5.69 Å². The molecule has 2 rings (SSSR count). The van der Waals surface area contributed by atoms with Gasteiger partial charge in [-0.1, -0.05) is 27.7 Å². The summed E-state index contributed by atoms with van der Waals surface area (Å²) in [5.74, 6) is 0.444. The third kappa shape index (κ3) is 4.65. The van der Waals surface area contributed by atoms with E-state index in [1.165, 1.54) is 12.1 Å². The van der Waals surface area contributed by atoms with E-state index in [4.69, 9.17) is 0 Å². The second-order valence-electron chi connectivity index (χ2n) is 6.62. The van der Waals surface area contributed by atoms with Gasteiger partial charge >= 0.3 is 0 Å². The van der Waals surface area contributed by atoms with Gasteiger partial charge in [-0.25, -0.2) is 9.07 Å². The van der Waals surface area contributed by atoms with Gasteiger partial charge in [0.2, 0.25) is 0 Å². The van der Waals surface area contributed by atoms with Crippen molar-refractivity contribution in [3.05, 3.63) is 48.0 Å². The Labute approximate surface area is 136 Å². The smallest absolute Gasteiger partial charge is 0.274 e. The zero-order valence-electron chi connectivity index (χ0n) is 14.2. The highest BCUT2D eigenvalue weighted by Crippen LogP contribution is 2.12. The molecule has 0 spiro atoms. The first-order valence-corrected chi connectivity index (χ1v) is 7.97. The van der Waals surface area contributed by atoms with Gasteiger partial charge < -0.3 is 4.90 Å². The van der Waals surface area contributed by atoms with Crippen LogP contribution in [0.5, 0.6) is 0 Å². The van der Waals surface area contributed by atoms with Gasteiger partial charge in [0.25, 0.3) is 5.91 Å². The second kappa shape index (κ2) is 7.40. The molecule has 23 heavy (non-hydrogen) atoms. The minimum Gasteiger partial charge on any atom is -0.337 e. The summed E-state index contributed by atoms with van der Waals surface area (Å²) in [7, 11) is 0. The molecule has 0 atom stereocenters. The molecule has 1 heterocycles. The first kappa shape index (κ1) is 17.2. The number of benzene rings is 1. The van der Waals surface area contributed by atoms with Gasteiger partial charge in [-0.2, -0.15) is 5.10 Å². The highest BCUT2D eigenvalue weighted by atomic mass is 19.1. The van der Waals surface area contributed by atoms with Crippen LogP contribution < -0.4 is 0 Å². The molecule has 5 heteroatoms. The molecule has 0 radical (unpaired) electrons. The van der Waals surface area contributed by atoms with E-state index in [1.807, 2.05) is 4.90 Å². The molecule has 0 bridgehead atoms. The van der Waals surface area contributed by atoms with Crippen LogP contribution in [0.2, 0.25) is 0 Å². The van der Waals surface area contributed by atoms with E-state index >= 15 is 0 Å². The minimum absolute atomic E-state index is 0.0618. The molecule has 0 unspecified atom stereocenters. The van der Waals surface area contributed by atoms with Gasteiger partial charge in [0.15, 0.2) is 5.69 Å². The fourth-order valence-electron chi connectivity index (χ4n) is 2.46. The summed E-state index contributed by atoms with van der Waals surface area (Å²) in [4.78, 5) is 14.6. The zero-order chi connectivity index (χ0) is 17.0. The van der Waals surface area contributed by atoms with Crippen molar-refractivity contribution in [2.45, 2.75) is 27.7 Å². The summed E-state index contributed by atoms with van der Waals surface area (Å²) >= 11 is 0. The van der Waals surface area contributed by atoms with E-state index in [0.717, 1.165) is 5.69 Å². The topological polar surface area (TPSA) is 38.1 Å². The van der Waals surface area contributed by atoms with Crippen molar-refractivity contribution < 1.29 is 9.18 Å². The van der Waals surface area contributed by atoms with Crippen LogP contribution >= 0.6 is 0 Å². The standard InChI is InChI=1S/C18H24FN3O/c1-13(2)11-21(12-14(3)4)18(23)17-9-10-22(20-17)16-7-5-15(19)6-8-16/h5-10,13-14H,11-12H2,1-4H3. The highest BCUT2D eigenvalue weighted by molar-refractivity contribution is 5.92. The maximum atomic E-state index is 13.0. The first-order valence-electron chi connectivity index (χ1n) is 7.97. The molecule has 0 aliphatic carbocycles. The summed E-state index contributed by atoms with van der Waals surface area (Å²) in [6, 6.07) is 7.73. The van der Waals surface area contributed by atoms with E-state index in [1.54, 1.807) is 29.1 Å². The van der Waals surface area contributed by atoms with Gasteiger partial charge in [0, 0.05) is 19.3 Å². The Balaban J connectivity index is 2.19. The molecule has 124 valence electrons. The summed E-state index contributed by atoms with van der Waals surface area (Å²) in [5, 5.41) is 4.35. The molecular formula is C18H24FN3O. The van der Waals surface area contributed by atoms with E-state index in [9.17, 15) is 9.18 Å². The summed E-state index contributed by atoms with van der Waals surface area (Å²) in [6.45, 7) is 9.80. The van der Waals surface area contributed by atoms with Gasteiger partial charge in [0.1, 0.15) is 5.82 Å². The van der Waals surface area contributed by atoms with Crippen molar-refractivity contribution in [2.75, 3.05) is 13.1 Å². The average Bonchev–Trinajstić information content (AvgIpc) is 2.95. The largest absolute Gasteiger partial charge is 0.337 e. The van der Waals surface area contributed by atoms with E-state index in [0.29, 0.717) is 30.6 Å². The molecule has 2 aromatic rings. The van der Waals surface area contributed by atoms with E-state index < -0.39 is 0 Å². The van der Waals surface area contributed by atoms with Gasteiger partial charge in [0.05, 0.1) is 5.69 Å². The SMILES string of the molecule is CC(C)CN(CC(C)C)C(=O)c1ccn(-c2ccc(F)cc2)n1. The van der Waals surface area contributed by atoms with Crippen LogP contribution in [0.3, 0.4) is 0 Å². The van der Waals surface area contributed by atoms with Crippen molar-refractivity contribution in [3.63, 3.8) is 0 Å². The number of rotatable bonds is 6. The Bertz CT molecular complexity index is 637. The molecule has 4 nitrogen and oxygen atoms in total. The van der Waals surface area contributed by atoms with E-state index in [2.05, 4.69) is 32.8 Å². The molecular weight excluding hydrogens is 293 g/mol. The zero-order valence-corrected chi connectivity index (χ0v) is 14.2. The Morgan fingerprint density at radius 2 is 1.65 bits per heavy atom. The molecule has 1 aromatic carbocycles. The fourth-order valence-corrected chi connectivity index (χ4v) is 2.46. The van der Waals surface area contributed by atoms with Gasteiger partial charge in [-0.3, -0.25) is 4.79 Å². The molecule has 0 aliphatic heterocycles. The van der Waals surface area contributed by atoms with Crippen molar-refractivity contribution in [3.8, 4) is 5.69 Å². The Kier molecular flexibility index (Phi) is 5.53. The number of carbonyl (C=O) groups is 1. The van der Waals surface area contributed by atoms with Crippen LogP contribution in [0.1, 0.15) is 38.2 Å². The predicted octanol–water partition coefficient (Wildman–Crippen LogP) is 3.77. The molecule has 0 saturated heterocycles. The summed E-state index contributed by atoms with van der Waals surface area (Å²) in [6.07, 6.45) is 1.73. The number of amides is 1. The molecule has 0 aliphatic rings. The lowest BCUT2D eigenvalue weighted by Crippen LogP contribution is -2.37. The van der Waals surface area contributed by atoms with Crippen molar-refractivity contribution >= 4 is 5.91 Å². The van der Waals surface area contributed by atoms with Crippen LogP contribution in [0.4, 0.5) is 4.39 Å². The number of carbonyl (C=O) groups excluding carboxylic acids is 1. The molecule has 0 saturated carbocycles. The summed E-state index contributed by atoms with van der Waals surface area (Å²) < 4.78 is 14.6. The lowest BCUT2D eigenvalue weighted by Gasteiger charge is -2.25. The van der Waals surface area contributed by atoms with Gasteiger partial charge in [-0.05, 0) is 42.2 Å². The highest BCUT2D eigenvalue weighted by Gasteiger charge is 2.20. The lowest BCUT2D eigenvalue weighted by molar-refractivity contribution is 0.0708. The Morgan fingerprint density at radius 1 is 1.09 bits per heavy atom. The summed E-state index contributed by atoms with van der Waals surface area (Å²) in [5.41, 5.74) is 1.14. The maximum Gasteiger partial charge on any atom is 0.274 e. The Hall–Kier alpha value is -2.17. The lowest BCUT2D eigenvalue weighted by atomic mass is 10.1. The van der Waals surface area contributed by atoms with Crippen LogP contribution in [0.15, 0.2) is 36.5 Å². The Morgan fingerprint density at radius 3 is 2.17 bits per heavy atom. The van der Waals surface area contributed by atoms with Crippen molar-refractivity contribution in [2.24, 2.45) is 11.8 Å². The quantitative estimate of drug-likeness (QED) is 0.813. The number of nitrogens with zero attached hydrogens (tertiary/aromatic N) is 3. The fraction of sp³-hybridized carbons (Fsp3) is 0.444.